The van der Waals surface area contributed by atoms with Crippen LogP contribution in [-0.4, -0.2) is 35.0 Å². The summed E-state index contributed by atoms with van der Waals surface area (Å²) in [5.41, 5.74) is -0.314. The van der Waals surface area contributed by atoms with Crippen molar-refractivity contribution in [2.75, 3.05) is 18.6 Å². The first-order valence-corrected chi connectivity index (χ1v) is 7.97. The summed E-state index contributed by atoms with van der Waals surface area (Å²) in [4.78, 5) is 13.4. The maximum Gasteiger partial charge on any atom is 0.246 e. The molecule has 0 aromatic carbocycles. The molecule has 4 heteroatoms. The standard InChI is InChI=1S/C12H24NO2P/c1-7-11(14)13(12(4,5)6)10-16(15,8-2)9-3/h7H,1,8-10H2,2-6H3. The number of hydrogen-bond donors (Lipinski definition) is 0. The molecule has 0 spiro atoms. The molecule has 0 aromatic heterocycles. The maximum atomic E-state index is 12.4. The Kier molecular flexibility index (Phi) is 5.48. The zero-order valence-corrected chi connectivity index (χ0v) is 12.0. The van der Waals surface area contributed by atoms with Gasteiger partial charge >= 0.3 is 0 Å². The topological polar surface area (TPSA) is 37.4 Å². The molecule has 16 heavy (non-hydrogen) atoms. The van der Waals surface area contributed by atoms with Crippen molar-refractivity contribution < 1.29 is 9.36 Å². The lowest BCUT2D eigenvalue weighted by Gasteiger charge is -2.37. The van der Waals surface area contributed by atoms with Gasteiger partial charge in [-0.1, -0.05) is 20.4 Å². The van der Waals surface area contributed by atoms with Gasteiger partial charge < -0.3 is 9.46 Å². The molecule has 0 aliphatic heterocycles. The van der Waals surface area contributed by atoms with E-state index in [1.165, 1.54) is 6.08 Å². The Hall–Kier alpha value is -0.560. The van der Waals surface area contributed by atoms with Crippen molar-refractivity contribution in [3.05, 3.63) is 12.7 Å². The van der Waals surface area contributed by atoms with Crippen LogP contribution in [0.2, 0.25) is 0 Å². The van der Waals surface area contributed by atoms with Gasteiger partial charge in [0.25, 0.3) is 0 Å². The summed E-state index contributed by atoms with van der Waals surface area (Å²) in [7, 11) is -2.24. The van der Waals surface area contributed by atoms with Crippen molar-refractivity contribution in [1.29, 1.82) is 0 Å². The third kappa shape index (κ3) is 4.13. The Morgan fingerprint density at radius 3 is 2.00 bits per heavy atom. The molecule has 0 fully saturated rings. The third-order valence-corrected chi connectivity index (χ3v) is 5.91. The fourth-order valence-corrected chi connectivity index (χ4v) is 3.33. The highest BCUT2D eigenvalue weighted by atomic mass is 31.2. The van der Waals surface area contributed by atoms with Crippen LogP contribution in [0.1, 0.15) is 34.6 Å². The van der Waals surface area contributed by atoms with E-state index in [0.29, 0.717) is 18.6 Å². The van der Waals surface area contributed by atoms with Crippen LogP contribution in [-0.2, 0) is 9.36 Å². The van der Waals surface area contributed by atoms with Gasteiger partial charge in [0.1, 0.15) is 7.14 Å². The van der Waals surface area contributed by atoms with E-state index < -0.39 is 7.14 Å². The van der Waals surface area contributed by atoms with Gasteiger partial charge in [0.05, 0.1) is 6.29 Å². The van der Waals surface area contributed by atoms with Gasteiger partial charge in [-0.25, -0.2) is 0 Å². The molecule has 3 nitrogen and oxygen atoms in total. The molecule has 0 N–H and O–H groups in total. The average molecular weight is 245 g/mol. The van der Waals surface area contributed by atoms with Crippen LogP contribution in [0.25, 0.3) is 0 Å². The smallest absolute Gasteiger partial charge is 0.246 e. The molecule has 0 rings (SSSR count). The molecule has 0 aliphatic carbocycles. The van der Waals surface area contributed by atoms with Gasteiger partial charge in [-0.05, 0) is 39.2 Å². The van der Waals surface area contributed by atoms with E-state index in [4.69, 9.17) is 0 Å². The summed E-state index contributed by atoms with van der Waals surface area (Å²) >= 11 is 0. The summed E-state index contributed by atoms with van der Waals surface area (Å²) in [5.74, 6) is -0.144. The molecule has 0 aliphatic rings. The zero-order valence-electron chi connectivity index (χ0n) is 11.1. The molecular weight excluding hydrogens is 221 g/mol. The predicted molar refractivity (Wildman–Crippen MR) is 70.4 cm³/mol. The van der Waals surface area contributed by atoms with Crippen LogP contribution < -0.4 is 0 Å². The summed E-state index contributed by atoms with van der Waals surface area (Å²) in [5, 5.41) is 0. The maximum absolute atomic E-state index is 12.4. The first kappa shape index (κ1) is 15.4. The highest BCUT2D eigenvalue weighted by molar-refractivity contribution is 7.63. The van der Waals surface area contributed by atoms with E-state index >= 15 is 0 Å². The molecule has 0 radical (unpaired) electrons. The molecule has 94 valence electrons. The Bertz CT molecular complexity index is 297. The van der Waals surface area contributed by atoms with Crippen LogP contribution in [0, 0.1) is 0 Å². The van der Waals surface area contributed by atoms with Crippen molar-refractivity contribution in [2.45, 2.75) is 40.2 Å². The normalized spacial score (nSPS) is 12.3. The highest BCUT2D eigenvalue weighted by Crippen LogP contribution is 2.46. The van der Waals surface area contributed by atoms with E-state index in [1.54, 1.807) is 4.90 Å². The third-order valence-electron chi connectivity index (χ3n) is 2.80. The zero-order chi connectivity index (χ0) is 13.0. The quantitative estimate of drug-likeness (QED) is 0.551. The van der Waals surface area contributed by atoms with Crippen LogP contribution in [0.15, 0.2) is 12.7 Å². The van der Waals surface area contributed by atoms with Gasteiger partial charge in [-0.15, -0.1) is 0 Å². The van der Waals surface area contributed by atoms with E-state index in [1.807, 2.05) is 34.6 Å². The second kappa shape index (κ2) is 5.67. The lowest BCUT2D eigenvalue weighted by atomic mass is 10.1. The number of carbonyl (C=O) groups is 1. The Morgan fingerprint density at radius 1 is 1.31 bits per heavy atom. The van der Waals surface area contributed by atoms with Crippen LogP contribution in [0.4, 0.5) is 0 Å². The second-order valence-electron chi connectivity index (χ2n) is 4.97. The summed E-state index contributed by atoms with van der Waals surface area (Å²) in [6.45, 7) is 13.2. The molecular formula is C12H24NO2P. The van der Waals surface area contributed by atoms with Crippen molar-refractivity contribution in [2.24, 2.45) is 0 Å². The number of nitrogens with zero attached hydrogens (tertiary/aromatic N) is 1. The summed E-state index contributed by atoms with van der Waals surface area (Å²) in [6, 6.07) is 0. The number of hydrogen-bond acceptors (Lipinski definition) is 2. The minimum absolute atomic E-state index is 0.144. The van der Waals surface area contributed by atoms with E-state index in [0.717, 1.165) is 0 Å². The summed E-state index contributed by atoms with van der Waals surface area (Å²) in [6.07, 6.45) is 2.93. The fourth-order valence-electron chi connectivity index (χ4n) is 1.40. The number of amides is 1. The Morgan fingerprint density at radius 2 is 1.75 bits per heavy atom. The number of carbonyl (C=O) groups excluding carboxylic acids is 1. The number of rotatable bonds is 5. The minimum atomic E-state index is -2.24. The SMILES string of the molecule is C=CC(=O)N(CP(=O)(CC)CC)C(C)(C)C. The van der Waals surface area contributed by atoms with Crippen LogP contribution in [0.5, 0.6) is 0 Å². The van der Waals surface area contributed by atoms with Crippen molar-refractivity contribution in [1.82, 2.24) is 4.90 Å². The van der Waals surface area contributed by atoms with E-state index in [2.05, 4.69) is 6.58 Å². The molecule has 0 saturated heterocycles. The van der Waals surface area contributed by atoms with Gasteiger partial charge in [0, 0.05) is 5.54 Å². The molecule has 0 aromatic rings. The van der Waals surface area contributed by atoms with Gasteiger partial charge in [0.15, 0.2) is 0 Å². The molecule has 0 unspecified atom stereocenters. The Balaban J connectivity index is 5.03. The molecule has 0 atom stereocenters. The van der Waals surface area contributed by atoms with Crippen LogP contribution in [0.3, 0.4) is 0 Å². The Labute approximate surface area is 99.3 Å². The van der Waals surface area contributed by atoms with Crippen LogP contribution >= 0.6 is 7.14 Å². The van der Waals surface area contributed by atoms with Crippen molar-refractivity contribution >= 4 is 13.0 Å². The molecule has 0 saturated carbocycles. The predicted octanol–water partition coefficient (Wildman–Crippen LogP) is 3.16. The lowest BCUT2D eigenvalue weighted by molar-refractivity contribution is -0.129. The first-order valence-electron chi connectivity index (χ1n) is 5.71. The van der Waals surface area contributed by atoms with E-state index in [-0.39, 0.29) is 11.4 Å². The second-order valence-corrected chi connectivity index (χ2v) is 8.64. The minimum Gasteiger partial charge on any atom is -0.327 e. The van der Waals surface area contributed by atoms with E-state index in [9.17, 15) is 9.36 Å². The largest absolute Gasteiger partial charge is 0.327 e. The monoisotopic (exact) mass is 245 g/mol. The average Bonchev–Trinajstić information content (AvgIpc) is 2.23. The fraction of sp³-hybridized carbons (Fsp3) is 0.750. The molecule has 0 heterocycles. The van der Waals surface area contributed by atoms with Crippen molar-refractivity contribution in [3.8, 4) is 0 Å². The lowest BCUT2D eigenvalue weighted by Crippen LogP contribution is -2.45. The first-order chi connectivity index (χ1) is 7.20. The molecule has 0 bridgehead atoms. The highest BCUT2D eigenvalue weighted by Gasteiger charge is 2.30. The summed E-state index contributed by atoms with van der Waals surface area (Å²) < 4.78 is 12.4. The van der Waals surface area contributed by atoms with Gasteiger partial charge in [-0.3, -0.25) is 4.79 Å². The van der Waals surface area contributed by atoms with Gasteiger partial charge in [-0.2, -0.15) is 0 Å². The van der Waals surface area contributed by atoms with Gasteiger partial charge in [0.2, 0.25) is 5.91 Å². The molecule has 1 amide bonds. The van der Waals surface area contributed by atoms with Crippen molar-refractivity contribution in [3.63, 3.8) is 0 Å².